The van der Waals surface area contributed by atoms with Gasteiger partial charge in [0.1, 0.15) is 5.70 Å². The molecule has 0 unspecified atom stereocenters. The van der Waals surface area contributed by atoms with Crippen LogP contribution in [0.1, 0.15) is 41.6 Å². The fourth-order valence-electron chi connectivity index (χ4n) is 3.27. The van der Waals surface area contributed by atoms with Crippen LogP contribution in [-0.2, 0) is 4.79 Å². The van der Waals surface area contributed by atoms with Crippen LogP contribution in [0.4, 0.5) is 5.69 Å². The Hall–Kier alpha value is -3.48. The Labute approximate surface area is 169 Å². The Kier molecular flexibility index (Phi) is 6.73. The van der Waals surface area contributed by atoms with Crippen molar-refractivity contribution in [3.05, 3.63) is 81.5 Å². The van der Waals surface area contributed by atoms with Gasteiger partial charge in [0, 0.05) is 30.8 Å². The summed E-state index contributed by atoms with van der Waals surface area (Å²) in [6, 6.07) is 14.6. The number of carbonyl (C=O) groups excluding carboxylic acids is 2. The number of carbonyl (C=O) groups is 2. The minimum atomic E-state index is -0.490. The number of nitrogens with one attached hydrogen (secondary N) is 1. The number of hydrogen-bond donors (Lipinski definition) is 1. The van der Waals surface area contributed by atoms with E-state index in [2.05, 4.69) is 5.32 Å². The molecule has 2 amide bonds. The van der Waals surface area contributed by atoms with Crippen molar-refractivity contribution in [3.63, 3.8) is 0 Å². The molecule has 0 saturated carbocycles. The van der Waals surface area contributed by atoms with Gasteiger partial charge >= 0.3 is 0 Å². The predicted octanol–water partition coefficient (Wildman–Crippen LogP) is 3.77. The Balaban J connectivity index is 1.91. The minimum absolute atomic E-state index is 0.0743. The molecule has 1 fully saturated rings. The summed E-state index contributed by atoms with van der Waals surface area (Å²) in [5.41, 5.74) is 0.947. The molecular weight excluding hydrogens is 370 g/mol. The highest BCUT2D eigenvalue weighted by atomic mass is 16.6. The summed E-state index contributed by atoms with van der Waals surface area (Å²) in [4.78, 5) is 38.1. The molecule has 7 heteroatoms. The molecule has 7 nitrogen and oxygen atoms in total. The van der Waals surface area contributed by atoms with Crippen molar-refractivity contribution in [2.45, 2.75) is 25.7 Å². The fourth-order valence-corrected chi connectivity index (χ4v) is 3.27. The molecule has 0 atom stereocenters. The van der Waals surface area contributed by atoms with Gasteiger partial charge in [0.25, 0.3) is 17.5 Å². The van der Waals surface area contributed by atoms with Crippen LogP contribution in [0.25, 0.3) is 6.08 Å². The molecule has 2 aromatic rings. The Bertz CT molecular complexity index is 917. The fraction of sp³-hybridized carbons (Fsp3) is 0.273. The van der Waals surface area contributed by atoms with Gasteiger partial charge in [-0.1, -0.05) is 43.2 Å². The first-order valence-corrected chi connectivity index (χ1v) is 9.66. The number of amides is 2. The summed E-state index contributed by atoms with van der Waals surface area (Å²) in [6.45, 7) is 1.26. The number of non-ortho nitro benzene ring substituents is 1. The molecule has 1 heterocycles. The van der Waals surface area contributed by atoms with Crippen LogP contribution in [-0.4, -0.2) is 34.7 Å². The van der Waals surface area contributed by atoms with Crippen molar-refractivity contribution < 1.29 is 14.5 Å². The van der Waals surface area contributed by atoms with Gasteiger partial charge in [0.15, 0.2) is 0 Å². The highest BCUT2D eigenvalue weighted by molar-refractivity contribution is 6.05. The first-order chi connectivity index (χ1) is 14.0. The van der Waals surface area contributed by atoms with E-state index in [4.69, 9.17) is 0 Å². The van der Waals surface area contributed by atoms with Crippen molar-refractivity contribution >= 4 is 23.6 Å². The van der Waals surface area contributed by atoms with Crippen LogP contribution >= 0.6 is 0 Å². The maximum Gasteiger partial charge on any atom is 0.270 e. The van der Waals surface area contributed by atoms with Gasteiger partial charge in [-0.15, -0.1) is 0 Å². The minimum Gasteiger partial charge on any atom is -0.337 e. The molecule has 0 aromatic heterocycles. The van der Waals surface area contributed by atoms with Crippen LogP contribution in [0.15, 0.2) is 60.3 Å². The van der Waals surface area contributed by atoms with E-state index in [-0.39, 0.29) is 17.3 Å². The maximum atomic E-state index is 13.2. The molecule has 1 aliphatic rings. The van der Waals surface area contributed by atoms with E-state index in [1.165, 1.54) is 18.2 Å². The molecule has 1 saturated heterocycles. The van der Waals surface area contributed by atoms with Gasteiger partial charge in [-0.05, 0) is 36.6 Å². The first kappa shape index (κ1) is 20.3. The maximum absolute atomic E-state index is 13.2. The average molecular weight is 393 g/mol. The first-order valence-electron chi connectivity index (χ1n) is 9.66. The average Bonchev–Trinajstić information content (AvgIpc) is 3.03. The molecule has 1 aliphatic heterocycles. The van der Waals surface area contributed by atoms with E-state index in [1.807, 2.05) is 0 Å². The second-order valence-electron chi connectivity index (χ2n) is 6.94. The lowest BCUT2D eigenvalue weighted by Gasteiger charge is -2.22. The van der Waals surface area contributed by atoms with Crippen molar-refractivity contribution in [3.8, 4) is 0 Å². The summed E-state index contributed by atoms with van der Waals surface area (Å²) in [5.74, 6) is -0.673. The Morgan fingerprint density at radius 1 is 0.966 bits per heavy atom. The summed E-state index contributed by atoms with van der Waals surface area (Å²) in [7, 11) is 0. The van der Waals surface area contributed by atoms with E-state index in [9.17, 15) is 19.7 Å². The second kappa shape index (κ2) is 9.64. The topological polar surface area (TPSA) is 92.5 Å². The summed E-state index contributed by atoms with van der Waals surface area (Å²) < 4.78 is 0. The van der Waals surface area contributed by atoms with Crippen LogP contribution < -0.4 is 5.32 Å². The Morgan fingerprint density at radius 3 is 2.31 bits per heavy atom. The molecule has 0 radical (unpaired) electrons. The zero-order valence-corrected chi connectivity index (χ0v) is 16.0. The van der Waals surface area contributed by atoms with Crippen molar-refractivity contribution in [1.82, 2.24) is 10.2 Å². The predicted molar refractivity (Wildman–Crippen MR) is 110 cm³/mol. The lowest BCUT2D eigenvalue weighted by Crippen LogP contribution is -2.39. The summed E-state index contributed by atoms with van der Waals surface area (Å²) in [6.07, 6.45) is 5.49. The molecule has 0 spiro atoms. The Morgan fingerprint density at radius 2 is 1.66 bits per heavy atom. The van der Waals surface area contributed by atoms with Gasteiger partial charge in [-0.25, -0.2) is 0 Å². The molecule has 0 aliphatic carbocycles. The van der Waals surface area contributed by atoms with Crippen molar-refractivity contribution in [1.29, 1.82) is 0 Å². The number of hydrogen-bond acceptors (Lipinski definition) is 4. The number of likely N-dealkylation sites (tertiary alicyclic amines) is 1. The zero-order chi connectivity index (χ0) is 20.6. The van der Waals surface area contributed by atoms with E-state index in [0.29, 0.717) is 24.2 Å². The molecule has 3 rings (SSSR count). The van der Waals surface area contributed by atoms with E-state index >= 15 is 0 Å². The summed E-state index contributed by atoms with van der Waals surface area (Å²) >= 11 is 0. The molecule has 0 bridgehead atoms. The number of nitro groups is 1. The number of rotatable bonds is 5. The van der Waals surface area contributed by atoms with Gasteiger partial charge < -0.3 is 10.2 Å². The quantitative estimate of drug-likeness (QED) is 0.475. The van der Waals surface area contributed by atoms with Crippen molar-refractivity contribution in [2.75, 3.05) is 13.1 Å². The third kappa shape index (κ3) is 5.51. The SMILES string of the molecule is O=C(NC(=Cc1cccc([N+](=O)[O-])c1)C(=O)N1CCCCCC1)c1ccccc1. The van der Waals surface area contributed by atoms with Crippen LogP contribution in [0.5, 0.6) is 0 Å². The van der Waals surface area contributed by atoms with Crippen LogP contribution in [0.3, 0.4) is 0 Å². The lowest BCUT2D eigenvalue weighted by atomic mass is 10.1. The lowest BCUT2D eigenvalue weighted by molar-refractivity contribution is -0.384. The van der Waals surface area contributed by atoms with Gasteiger partial charge in [0.05, 0.1) is 4.92 Å². The van der Waals surface area contributed by atoms with Gasteiger partial charge in [-0.2, -0.15) is 0 Å². The summed E-state index contributed by atoms with van der Waals surface area (Å²) in [5, 5.41) is 13.8. The number of nitrogens with zero attached hydrogens (tertiary/aromatic N) is 2. The van der Waals surface area contributed by atoms with Crippen LogP contribution in [0.2, 0.25) is 0 Å². The molecule has 150 valence electrons. The second-order valence-corrected chi connectivity index (χ2v) is 6.94. The van der Waals surface area contributed by atoms with Gasteiger partial charge in [0.2, 0.25) is 0 Å². The third-order valence-electron chi connectivity index (χ3n) is 4.80. The van der Waals surface area contributed by atoms with Crippen molar-refractivity contribution in [2.24, 2.45) is 0 Å². The highest BCUT2D eigenvalue weighted by Crippen LogP contribution is 2.18. The highest BCUT2D eigenvalue weighted by Gasteiger charge is 2.22. The largest absolute Gasteiger partial charge is 0.337 e. The molecule has 2 aromatic carbocycles. The third-order valence-corrected chi connectivity index (χ3v) is 4.80. The molecule has 29 heavy (non-hydrogen) atoms. The monoisotopic (exact) mass is 393 g/mol. The van der Waals surface area contributed by atoms with E-state index < -0.39 is 10.8 Å². The standard InChI is InChI=1S/C22H23N3O4/c26-21(18-10-4-3-5-11-18)23-20(22(27)24-13-6-1-2-7-14-24)16-17-9-8-12-19(15-17)25(28)29/h3-5,8-12,15-16H,1-2,6-7,13-14H2,(H,23,26). The van der Waals surface area contributed by atoms with E-state index in [1.54, 1.807) is 47.4 Å². The van der Waals surface area contributed by atoms with Crippen LogP contribution in [0, 0.1) is 10.1 Å². The number of nitro benzene ring substituents is 1. The number of benzene rings is 2. The smallest absolute Gasteiger partial charge is 0.270 e. The molecular formula is C22H23N3O4. The normalized spacial score (nSPS) is 14.8. The van der Waals surface area contributed by atoms with Gasteiger partial charge in [-0.3, -0.25) is 19.7 Å². The molecule has 1 N–H and O–H groups in total. The zero-order valence-electron chi connectivity index (χ0n) is 16.0. The van der Waals surface area contributed by atoms with E-state index in [0.717, 1.165) is 25.7 Å².